The molecule has 0 amide bonds. The van der Waals surface area contributed by atoms with Crippen LogP contribution in [0.2, 0.25) is 0 Å². The summed E-state index contributed by atoms with van der Waals surface area (Å²) in [4.78, 5) is 13.6. The molecule has 3 rings (SSSR count). The quantitative estimate of drug-likeness (QED) is 0.629. The van der Waals surface area contributed by atoms with E-state index in [4.69, 9.17) is 0 Å². The number of aromatic nitrogens is 3. The molecule has 0 unspecified atom stereocenters. The van der Waals surface area contributed by atoms with E-state index in [1.165, 1.54) is 0 Å². The zero-order valence-corrected chi connectivity index (χ0v) is 13.9. The second kappa shape index (κ2) is 7.01. The topological polar surface area (TPSA) is 38.7 Å². The van der Waals surface area contributed by atoms with E-state index in [-0.39, 0.29) is 0 Å². The van der Waals surface area contributed by atoms with Gasteiger partial charge in [0.25, 0.3) is 0 Å². The van der Waals surface area contributed by atoms with Gasteiger partial charge in [0.05, 0.1) is 0 Å². The summed E-state index contributed by atoms with van der Waals surface area (Å²) in [6, 6.07) is 18.1. The normalized spacial score (nSPS) is 11.3. The number of hydrogen-bond donors (Lipinski definition) is 0. The van der Waals surface area contributed by atoms with Crippen molar-refractivity contribution in [3.63, 3.8) is 0 Å². The van der Waals surface area contributed by atoms with Gasteiger partial charge in [-0.1, -0.05) is 67.3 Å². The first kappa shape index (κ1) is 15.8. The first-order chi connectivity index (χ1) is 11.7. The van der Waals surface area contributed by atoms with Crippen LogP contribution in [0.4, 0.5) is 0 Å². The summed E-state index contributed by atoms with van der Waals surface area (Å²) in [7, 11) is 0. The number of benzene rings is 2. The second-order valence-electron chi connectivity index (χ2n) is 5.42. The third-order valence-corrected chi connectivity index (χ3v) is 3.76. The van der Waals surface area contributed by atoms with Crippen molar-refractivity contribution in [2.45, 2.75) is 13.8 Å². The lowest BCUT2D eigenvalue weighted by atomic mass is 10.0. The van der Waals surface area contributed by atoms with Crippen molar-refractivity contribution in [3.8, 4) is 22.8 Å². The molecule has 1 heterocycles. The minimum absolute atomic E-state index is 0.683. The average molecular weight is 313 g/mol. The fourth-order valence-corrected chi connectivity index (χ4v) is 2.57. The summed E-state index contributed by atoms with van der Waals surface area (Å²) in [6.45, 7) is 7.76. The van der Waals surface area contributed by atoms with Crippen LogP contribution in [-0.2, 0) is 0 Å². The van der Waals surface area contributed by atoms with E-state index in [0.717, 1.165) is 22.3 Å². The van der Waals surface area contributed by atoms with Crippen molar-refractivity contribution in [1.29, 1.82) is 0 Å². The summed E-state index contributed by atoms with van der Waals surface area (Å²) in [5.41, 5.74) is 4.15. The molecule has 3 heteroatoms. The lowest BCUT2D eigenvalue weighted by Gasteiger charge is -2.08. The molecule has 24 heavy (non-hydrogen) atoms. The van der Waals surface area contributed by atoms with Crippen LogP contribution in [0.25, 0.3) is 28.3 Å². The molecule has 0 atom stereocenters. The van der Waals surface area contributed by atoms with Gasteiger partial charge >= 0.3 is 0 Å². The minimum atomic E-state index is 0.683. The van der Waals surface area contributed by atoms with Crippen molar-refractivity contribution >= 4 is 5.57 Å². The lowest BCUT2D eigenvalue weighted by Crippen LogP contribution is -1.99. The predicted molar refractivity (Wildman–Crippen MR) is 99.3 cm³/mol. The van der Waals surface area contributed by atoms with E-state index in [1.54, 1.807) is 0 Å². The predicted octanol–water partition coefficient (Wildman–Crippen LogP) is 5.10. The maximum absolute atomic E-state index is 4.66. The zero-order valence-electron chi connectivity index (χ0n) is 13.9. The highest BCUT2D eigenvalue weighted by Gasteiger charge is 2.09. The highest BCUT2D eigenvalue weighted by molar-refractivity contribution is 5.76. The molecule has 0 spiro atoms. The smallest absolute Gasteiger partial charge is 0.163 e. The first-order valence-electron chi connectivity index (χ1n) is 7.89. The largest absolute Gasteiger partial charge is 0.213 e. The van der Waals surface area contributed by atoms with Crippen molar-refractivity contribution in [3.05, 3.63) is 84.7 Å². The highest BCUT2D eigenvalue weighted by atomic mass is 15.0. The highest BCUT2D eigenvalue weighted by Crippen LogP contribution is 2.24. The number of nitrogens with zero attached hydrogens (tertiary/aromatic N) is 3. The van der Waals surface area contributed by atoms with Gasteiger partial charge in [0.2, 0.25) is 0 Å². The molecule has 3 aromatic rings. The average Bonchev–Trinajstić information content (AvgIpc) is 2.63. The van der Waals surface area contributed by atoms with Crippen LogP contribution >= 0.6 is 0 Å². The lowest BCUT2D eigenvalue weighted by molar-refractivity contribution is 0.992. The van der Waals surface area contributed by atoms with E-state index < -0.39 is 0 Å². The third kappa shape index (κ3) is 3.30. The molecule has 0 saturated heterocycles. The Kier molecular flexibility index (Phi) is 4.62. The molecule has 0 aliphatic rings. The molecule has 118 valence electrons. The molecular formula is C21H19N3. The van der Waals surface area contributed by atoms with Gasteiger partial charge in [-0.15, -0.1) is 0 Å². The van der Waals surface area contributed by atoms with E-state index in [2.05, 4.69) is 33.7 Å². The molecule has 0 aliphatic carbocycles. The summed E-state index contributed by atoms with van der Waals surface area (Å²) >= 11 is 0. The fraction of sp³-hybridized carbons (Fsp3) is 0.0952. The Balaban J connectivity index is 2.09. The molecule has 3 nitrogen and oxygen atoms in total. The standard InChI is InChI=1S/C21H19N3/c1-4-16(5-2)18-12-9-13-19(14-18)21-23-15(3)22-20(24-21)17-10-7-6-8-11-17/h4-14H,1H2,2-3H3/b16-5+. The monoisotopic (exact) mass is 313 g/mol. The van der Waals surface area contributed by atoms with Crippen LogP contribution in [0.15, 0.2) is 73.3 Å². The maximum atomic E-state index is 4.66. The van der Waals surface area contributed by atoms with Gasteiger partial charge in [-0.05, 0) is 31.1 Å². The number of hydrogen-bond acceptors (Lipinski definition) is 3. The number of allylic oxidation sites excluding steroid dienone is 3. The Bertz CT molecular complexity index is 896. The summed E-state index contributed by atoms with van der Waals surface area (Å²) in [5, 5.41) is 0. The van der Waals surface area contributed by atoms with Crippen molar-refractivity contribution < 1.29 is 0 Å². The molecular weight excluding hydrogens is 294 g/mol. The molecule has 0 N–H and O–H groups in total. The van der Waals surface area contributed by atoms with Crippen molar-refractivity contribution in [2.24, 2.45) is 0 Å². The molecule has 0 aliphatic heterocycles. The second-order valence-corrected chi connectivity index (χ2v) is 5.42. The Morgan fingerprint density at radius 2 is 1.54 bits per heavy atom. The van der Waals surface area contributed by atoms with Crippen LogP contribution in [0.1, 0.15) is 18.3 Å². The molecule has 0 radical (unpaired) electrons. The van der Waals surface area contributed by atoms with Crippen LogP contribution in [0.5, 0.6) is 0 Å². The molecule has 0 bridgehead atoms. The van der Waals surface area contributed by atoms with E-state index >= 15 is 0 Å². The Morgan fingerprint density at radius 3 is 2.21 bits per heavy atom. The zero-order chi connectivity index (χ0) is 16.9. The molecule has 1 aromatic heterocycles. The fourth-order valence-electron chi connectivity index (χ4n) is 2.57. The van der Waals surface area contributed by atoms with Crippen LogP contribution < -0.4 is 0 Å². The van der Waals surface area contributed by atoms with E-state index in [9.17, 15) is 0 Å². The summed E-state index contributed by atoms with van der Waals surface area (Å²) in [6.07, 6.45) is 3.90. The van der Waals surface area contributed by atoms with Crippen LogP contribution in [0, 0.1) is 6.92 Å². The Morgan fingerprint density at radius 1 is 0.875 bits per heavy atom. The van der Waals surface area contributed by atoms with Gasteiger partial charge in [-0.3, -0.25) is 0 Å². The molecule has 2 aromatic carbocycles. The summed E-state index contributed by atoms with van der Waals surface area (Å²) < 4.78 is 0. The number of aryl methyl sites for hydroxylation is 1. The maximum Gasteiger partial charge on any atom is 0.163 e. The summed E-state index contributed by atoms with van der Waals surface area (Å²) in [5.74, 6) is 2.08. The van der Waals surface area contributed by atoms with Gasteiger partial charge in [0.1, 0.15) is 5.82 Å². The Hall–Kier alpha value is -3.07. The van der Waals surface area contributed by atoms with Gasteiger partial charge in [0.15, 0.2) is 11.6 Å². The molecule has 0 saturated carbocycles. The minimum Gasteiger partial charge on any atom is -0.213 e. The van der Waals surface area contributed by atoms with E-state index in [0.29, 0.717) is 17.5 Å². The third-order valence-electron chi connectivity index (χ3n) is 3.76. The van der Waals surface area contributed by atoms with Crippen LogP contribution in [-0.4, -0.2) is 15.0 Å². The van der Waals surface area contributed by atoms with Crippen molar-refractivity contribution in [1.82, 2.24) is 15.0 Å². The van der Waals surface area contributed by atoms with Gasteiger partial charge in [0, 0.05) is 11.1 Å². The van der Waals surface area contributed by atoms with Gasteiger partial charge < -0.3 is 0 Å². The van der Waals surface area contributed by atoms with Crippen LogP contribution in [0.3, 0.4) is 0 Å². The van der Waals surface area contributed by atoms with Crippen molar-refractivity contribution in [2.75, 3.05) is 0 Å². The SMILES string of the molecule is C=C/C(=C\C)c1cccc(-c2nc(C)nc(-c3ccccc3)n2)c1. The van der Waals surface area contributed by atoms with Gasteiger partial charge in [-0.2, -0.15) is 0 Å². The van der Waals surface area contributed by atoms with Gasteiger partial charge in [-0.25, -0.2) is 15.0 Å². The Labute approximate surface area is 142 Å². The molecule has 0 fully saturated rings. The first-order valence-corrected chi connectivity index (χ1v) is 7.89. The van der Waals surface area contributed by atoms with E-state index in [1.807, 2.05) is 68.5 Å². The number of rotatable bonds is 4.